The first-order valence-electron chi connectivity index (χ1n) is 5.97. The lowest BCUT2D eigenvalue weighted by Gasteiger charge is -2.11. The number of ether oxygens (including phenoxy) is 1. The molecule has 0 aliphatic heterocycles. The average molecular weight is 276 g/mol. The van der Waals surface area contributed by atoms with Gasteiger partial charge in [-0.3, -0.25) is 10.1 Å². The van der Waals surface area contributed by atoms with Crippen LogP contribution in [0.5, 0.6) is 5.75 Å². The predicted octanol–water partition coefficient (Wildman–Crippen LogP) is 3.09. The van der Waals surface area contributed by atoms with E-state index in [1.54, 1.807) is 0 Å². The minimum atomic E-state index is -0.197. The number of rotatable bonds is 4. The Morgan fingerprint density at radius 3 is 2.58 bits per heavy atom. The Labute approximate surface area is 116 Å². The molecule has 1 aromatic heterocycles. The molecule has 0 aliphatic rings. The molecule has 0 bridgehead atoms. The number of para-hydroxylation sites is 1. The number of aryl methyl sites for hydroxylation is 3. The van der Waals surface area contributed by atoms with E-state index in [9.17, 15) is 4.79 Å². The van der Waals surface area contributed by atoms with Gasteiger partial charge >= 0.3 is 0 Å². The molecule has 2 rings (SSSR count). The third-order valence-corrected chi connectivity index (χ3v) is 3.50. The quantitative estimate of drug-likeness (QED) is 0.933. The summed E-state index contributed by atoms with van der Waals surface area (Å²) in [4.78, 5) is 15.9. The molecule has 5 heteroatoms. The second kappa shape index (κ2) is 5.84. The lowest BCUT2D eigenvalue weighted by Crippen LogP contribution is -2.20. The normalized spacial score (nSPS) is 10.3. The number of thiazole rings is 1. The average Bonchev–Trinajstić information content (AvgIpc) is 2.74. The van der Waals surface area contributed by atoms with E-state index in [-0.39, 0.29) is 12.5 Å². The maximum atomic E-state index is 11.7. The largest absolute Gasteiger partial charge is 0.483 e. The molecule has 0 atom stereocenters. The topological polar surface area (TPSA) is 51.2 Å². The van der Waals surface area contributed by atoms with Gasteiger partial charge in [-0.1, -0.05) is 18.2 Å². The summed E-state index contributed by atoms with van der Waals surface area (Å²) >= 11 is 1.41. The molecule has 0 unspecified atom stereocenters. The van der Waals surface area contributed by atoms with Crippen LogP contribution in [0.3, 0.4) is 0 Å². The van der Waals surface area contributed by atoms with Gasteiger partial charge in [0.1, 0.15) is 5.75 Å². The first-order chi connectivity index (χ1) is 9.06. The lowest BCUT2D eigenvalue weighted by molar-refractivity contribution is -0.118. The van der Waals surface area contributed by atoms with E-state index in [1.165, 1.54) is 11.3 Å². The molecule has 0 saturated carbocycles. The summed E-state index contributed by atoms with van der Waals surface area (Å²) in [6.07, 6.45) is 0. The maximum Gasteiger partial charge on any atom is 0.264 e. The van der Waals surface area contributed by atoms with Crippen LogP contribution in [0.25, 0.3) is 0 Å². The molecule has 4 nitrogen and oxygen atoms in total. The van der Waals surface area contributed by atoms with Crippen LogP contribution >= 0.6 is 11.3 Å². The van der Waals surface area contributed by atoms with Crippen molar-refractivity contribution >= 4 is 22.4 Å². The van der Waals surface area contributed by atoms with Crippen LogP contribution in [-0.2, 0) is 4.79 Å². The fourth-order valence-electron chi connectivity index (χ4n) is 1.73. The molecule has 0 spiro atoms. The monoisotopic (exact) mass is 276 g/mol. The number of anilines is 1. The zero-order valence-corrected chi connectivity index (χ0v) is 12.0. The Morgan fingerprint density at radius 1 is 1.32 bits per heavy atom. The van der Waals surface area contributed by atoms with E-state index in [0.29, 0.717) is 5.13 Å². The molecule has 0 aliphatic carbocycles. The zero-order valence-electron chi connectivity index (χ0n) is 11.2. The predicted molar refractivity (Wildman–Crippen MR) is 76.9 cm³/mol. The number of nitrogens with zero attached hydrogens (tertiary/aromatic N) is 1. The maximum absolute atomic E-state index is 11.7. The number of carbonyl (C=O) groups is 1. The molecule has 1 heterocycles. The summed E-state index contributed by atoms with van der Waals surface area (Å²) in [6.45, 7) is 5.80. The first-order valence-corrected chi connectivity index (χ1v) is 6.85. The van der Waals surface area contributed by atoms with Gasteiger partial charge in [0, 0.05) is 5.38 Å². The second-order valence-corrected chi connectivity index (χ2v) is 5.21. The Balaban J connectivity index is 1.93. The van der Waals surface area contributed by atoms with Crippen LogP contribution < -0.4 is 10.1 Å². The number of aromatic nitrogens is 1. The number of amides is 1. The lowest BCUT2D eigenvalue weighted by atomic mass is 10.1. The van der Waals surface area contributed by atoms with Crippen molar-refractivity contribution < 1.29 is 9.53 Å². The minimum absolute atomic E-state index is 0.00960. The first kappa shape index (κ1) is 13.5. The summed E-state index contributed by atoms with van der Waals surface area (Å²) in [6, 6.07) is 5.89. The summed E-state index contributed by atoms with van der Waals surface area (Å²) in [5, 5.41) is 5.21. The van der Waals surface area contributed by atoms with Crippen molar-refractivity contribution in [3.63, 3.8) is 0 Å². The molecule has 2 aromatic rings. The van der Waals surface area contributed by atoms with Gasteiger partial charge in [0.15, 0.2) is 11.7 Å². The third-order valence-electron chi connectivity index (χ3n) is 2.62. The van der Waals surface area contributed by atoms with E-state index >= 15 is 0 Å². The molecule has 1 aromatic carbocycles. The number of nitrogens with one attached hydrogen (secondary N) is 1. The molecule has 0 saturated heterocycles. The third kappa shape index (κ3) is 3.54. The van der Waals surface area contributed by atoms with E-state index in [4.69, 9.17) is 4.74 Å². The van der Waals surface area contributed by atoms with Crippen LogP contribution in [0.1, 0.15) is 16.8 Å². The highest BCUT2D eigenvalue weighted by atomic mass is 32.1. The summed E-state index contributed by atoms with van der Waals surface area (Å²) in [5.41, 5.74) is 2.95. The standard InChI is InChI=1S/C14H16N2O2S/c1-9-5-4-6-10(2)13(9)18-7-12(17)16-14-15-11(3)8-19-14/h4-6,8H,7H2,1-3H3,(H,15,16,17). The highest BCUT2D eigenvalue weighted by molar-refractivity contribution is 7.13. The molecule has 0 fully saturated rings. The van der Waals surface area contributed by atoms with Crippen LogP contribution in [0.15, 0.2) is 23.6 Å². The Hall–Kier alpha value is -1.88. The number of benzene rings is 1. The number of carbonyl (C=O) groups excluding carboxylic acids is 1. The Kier molecular flexibility index (Phi) is 4.16. The van der Waals surface area contributed by atoms with E-state index in [0.717, 1.165) is 22.6 Å². The van der Waals surface area contributed by atoms with Gasteiger partial charge in [-0.2, -0.15) is 0 Å². The molecule has 19 heavy (non-hydrogen) atoms. The van der Waals surface area contributed by atoms with Crippen molar-refractivity contribution in [1.29, 1.82) is 0 Å². The smallest absolute Gasteiger partial charge is 0.264 e. The fraction of sp³-hybridized carbons (Fsp3) is 0.286. The van der Waals surface area contributed by atoms with Crippen molar-refractivity contribution in [2.45, 2.75) is 20.8 Å². The van der Waals surface area contributed by atoms with E-state index < -0.39 is 0 Å². The van der Waals surface area contributed by atoms with Crippen LogP contribution in [0.4, 0.5) is 5.13 Å². The summed E-state index contributed by atoms with van der Waals surface area (Å²) < 4.78 is 5.57. The van der Waals surface area contributed by atoms with Gasteiger partial charge in [0.05, 0.1) is 5.69 Å². The van der Waals surface area contributed by atoms with Crippen LogP contribution in [0.2, 0.25) is 0 Å². The van der Waals surface area contributed by atoms with Crippen molar-refractivity contribution in [1.82, 2.24) is 4.98 Å². The summed E-state index contributed by atoms with van der Waals surface area (Å²) in [5.74, 6) is 0.574. The van der Waals surface area contributed by atoms with Crippen molar-refractivity contribution in [3.8, 4) is 5.75 Å². The van der Waals surface area contributed by atoms with Gasteiger partial charge in [0.25, 0.3) is 5.91 Å². The van der Waals surface area contributed by atoms with Gasteiger partial charge < -0.3 is 4.74 Å². The van der Waals surface area contributed by atoms with Crippen LogP contribution in [-0.4, -0.2) is 17.5 Å². The molecule has 1 N–H and O–H groups in total. The second-order valence-electron chi connectivity index (χ2n) is 4.35. The molecular formula is C14H16N2O2S. The van der Waals surface area contributed by atoms with Crippen molar-refractivity contribution in [2.24, 2.45) is 0 Å². The van der Waals surface area contributed by atoms with Gasteiger partial charge in [-0.15, -0.1) is 11.3 Å². The van der Waals surface area contributed by atoms with Gasteiger partial charge in [-0.05, 0) is 31.9 Å². The molecule has 100 valence electrons. The van der Waals surface area contributed by atoms with Crippen molar-refractivity contribution in [3.05, 3.63) is 40.4 Å². The minimum Gasteiger partial charge on any atom is -0.483 e. The Bertz CT molecular complexity index is 573. The van der Waals surface area contributed by atoms with E-state index in [1.807, 2.05) is 44.4 Å². The van der Waals surface area contributed by atoms with Crippen LogP contribution in [0, 0.1) is 20.8 Å². The SMILES string of the molecule is Cc1csc(NC(=O)COc2c(C)cccc2C)n1. The molecule has 0 radical (unpaired) electrons. The van der Waals surface area contributed by atoms with Gasteiger partial charge in [-0.25, -0.2) is 4.98 Å². The molecular weight excluding hydrogens is 260 g/mol. The van der Waals surface area contributed by atoms with E-state index in [2.05, 4.69) is 10.3 Å². The Morgan fingerprint density at radius 2 is 2.00 bits per heavy atom. The number of hydrogen-bond donors (Lipinski definition) is 1. The summed E-state index contributed by atoms with van der Waals surface area (Å²) in [7, 11) is 0. The highest BCUT2D eigenvalue weighted by Gasteiger charge is 2.08. The van der Waals surface area contributed by atoms with Crippen molar-refractivity contribution in [2.75, 3.05) is 11.9 Å². The highest BCUT2D eigenvalue weighted by Crippen LogP contribution is 2.22. The van der Waals surface area contributed by atoms with Gasteiger partial charge in [0.2, 0.25) is 0 Å². The zero-order chi connectivity index (χ0) is 13.8. The fourth-order valence-corrected chi connectivity index (χ4v) is 2.44. The molecule has 1 amide bonds. The number of hydrogen-bond acceptors (Lipinski definition) is 4.